The highest BCUT2D eigenvalue weighted by Gasteiger charge is 2.40. The summed E-state index contributed by atoms with van der Waals surface area (Å²) in [4.78, 5) is 0. The van der Waals surface area contributed by atoms with Crippen molar-refractivity contribution in [1.82, 2.24) is 0 Å². The molecule has 0 amide bonds. The maximum absolute atomic E-state index is 9.69. The van der Waals surface area contributed by atoms with Crippen LogP contribution in [0.15, 0.2) is 12.3 Å². The first-order valence-electron chi connectivity index (χ1n) is 7.59. The van der Waals surface area contributed by atoms with Crippen LogP contribution in [0, 0.1) is 0 Å². The van der Waals surface area contributed by atoms with Crippen LogP contribution < -0.4 is 0 Å². The molecule has 1 fully saturated rings. The van der Waals surface area contributed by atoms with Gasteiger partial charge in [0.25, 0.3) is 0 Å². The zero-order chi connectivity index (χ0) is 14.8. The molecular formula is C15H28O5. The second-order valence-electron chi connectivity index (χ2n) is 5.29. The van der Waals surface area contributed by atoms with E-state index in [2.05, 4.69) is 6.92 Å². The van der Waals surface area contributed by atoms with Crippen molar-refractivity contribution in [2.24, 2.45) is 0 Å². The SMILES string of the molecule is CCCCCCC/C=C/O[C@@H](CO)[C@H]1OC[C@@H](O)[C@H]1O. The van der Waals surface area contributed by atoms with E-state index in [9.17, 15) is 15.3 Å². The van der Waals surface area contributed by atoms with E-state index in [1.807, 2.05) is 6.08 Å². The Labute approximate surface area is 121 Å². The molecule has 1 saturated heterocycles. The van der Waals surface area contributed by atoms with Gasteiger partial charge in [0.2, 0.25) is 0 Å². The summed E-state index contributed by atoms with van der Waals surface area (Å²) in [6.07, 6.45) is 7.34. The quantitative estimate of drug-likeness (QED) is 0.418. The maximum atomic E-state index is 9.69. The number of hydrogen-bond acceptors (Lipinski definition) is 5. The molecule has 1 aliphatic heterocycles. The molecule has 0 unspecified atom stereocenters. The molecule has 0 aromatic heterocycles. The zero-order valence-corrected chi connectivity index (χ0v) is 12.3. The molecule has 0 radical (unpaired) electrons. The maximum Gasteiger partial charge on any atom is 0.149 e. The van der Waals surface area contributed by atoms with Gasteiger partial charge in [-0.25, -0.2) is 0 Å². The number of unbranched alkanes of at least 4 members (excludes halogenated alkanes) is 5. The third-order valence-electron chi connectivity index (χ3n) is 3.56. The van der Waals surface area contributed by atoms with Gasteiger partial charge in [0.15, 0.2) is 0 Å². The third-order valence-corrected chi connectivity index (χ3v) is 3.56. The Bertz CT molecular complexity index is 269. The molecule has 0 spiro atoms. The minimum absolute atomic E-state index is 0.0762. The highest BCUT2D eigenvalue weighted by Crippen LogP contribution is 2.19. The lowest BCUT2D eigenvalue weighted by Crippen LogP contribution is -2.41. The van der Waals surface area contributed by atoms with Gasteiger partial charge in [-0.1, -0.05) is 32.6 Å². The summed E-state index contributed by atoms with van der Waals surface area (Å²) in [5, 5.41) is 28.3. The molecule has 0 bridgehead atoms. The van der Waals surface area contributed by atoms with Crippen molar-refractivity contribution >= 4 is 0 Å². The Hall–Kier alpha value is -0.620. The van der Waals surface area contributed by atoms with Gasteiger partial charge >= 0.3 is 0 Å². The lowest BCUT2D eigenvalue weighted by molar-refractivity contribution is -0.0737. The number of aliphatic hydroxyl groups excluding tert-OH is 3. The van der Waals surface area contributed by atoms with Crippen LogP contribution in [-0.2, 0) is 9.47 Å². The number of aliphatic hydroxyl groups is 3. The van der Waals surface area contributed by atoms with Gasteiger partial charge in [0.1, 0.15) is 24.4 Å². The van der Waals surface area contributed by atoms with Gasteiger partial charge in [0.05, 0.1) is 19.5 Å². The van der Waals surface area contributed by atoms with Crippen LogP contribution in [0.1, 0.15) is 45.4 Å². The number of hydrogen-bond donors (Lipinski definition) is 3. The summed E-state index contributed by atoms with van der Waals surface area (Å²) in [6, 6.07) is 0. The summed E-state index contributed by atoms with van der Waals surface area (Å²) in [6.45, 7) is 2.02. The Kier molecular flexibility index (Phi) is 8.85. The largest absolute Gasteiger partial charge is 0.493 e. The summed E-state index contributed by atoms with van der Waals surface area (Å²) in [5.41, 5.74) is 0. The first kappa shape index (κ1) is 17.4. The van der Waals surface area contributed by atoms with E-state index in [0.29, 0.717) is 0 Å². The Balaban J connectivity index is 2.18. The van der Waals surface area contributed by atoms with E-state index in [-0.39, 0.29) is 13.2 Å². The molecule has 0 aliphatic carbocycles. The van der Waals surface area contributed by atoms with Crippen LogP contribution in [0.5, 0.6) is 0 Å². The second-order valence-corrected chi connectivity index (χ2v) is 5.29. The minimum atomic E-state index is -1.01. The van der Waals surface area contributed by atoms with Crippen molar-refractivity contribution in [1.29, 1.82) is 0 Å². The molecule has 0 aromatic rings. The van der Waals surface area contributed by atoms with Crippen molar-refractivity contribution in [2.45, 2.75) is 69.9 Å². The molecular weight excluding hydrogens is 260 g/mol. The van der Waals surface area contributed by atoms with Gasteiger partial charge in [0, 0.05) is 0 Å². The van der Waals surface area contributed by atoms with Gasteiger partial charge in [-0.05, 0) is 18.9 Å². The molecule has 118 valence electrons. The van der Waals surface area contributed by atoms with E-state index >= 15 is 0 Å². The fourth-order valence-electron chi connectivity index (χ4n) is 2.27. The van der Waals surface area contributed by atoms with Crippen molar-refractivity contribution in [3.05, 3.63) is 12.3 Å². The van der Waals surface area contributed by atoms with E-state index in [4.69, 9.17) is 9.47 Å². The molecule has 5 heteroatoms. The number of allylic oxidation sites excluding steroid dienone is 1. The average molecular weight is 288 g/mol. The lowest BCUT2D eigenvalue weighted by Gasteiger charge is -2.23. The summed E-state index contributed by atoms with van der Waals surface area (Å²) in [7, 11) is 0. The fraction of sp³-hybridized carbons (Fsp3) is 0.867. The van der Waals surface area contributed by atoms with Crippen LogP contribution in [0.4, 0.5) is 0 Å². The van der Waals surface area contributed by atoms with E-state index in [1.165, 1.54) is 25.7 Å². The van der Waals surface area contributed by atoms with E-state index in [0.717, 1.165) is 12.8 Å². The molecule has 1 aliphatic rings. The van der Waals surface area contributed by atoms with Gasteiger partial charge in [-0.3, -0.25) is 0 Å². The predicted octanol–water partition coefficient (Wildman–Crippen LogP) is 1.36. The smallest absolute Gasteiger partial charge is 0.149 e. The molecule has 1 rings (SSSR count). The highest BCUT2D eigenvalue weighted by atomic mass is 16.6. The van der Waals surface area contributed by atoms with Gasteiger partial charge < -0.3 is 24.8 Å². The van der Waals surface area contributed by atoms with E-state index < -0.39 is 24.4 Å². The molecule has 5 nitrogen and oxygen atoms in total. The van der Waals surface area contributed by atoms with E-state index in [1.54, 1.807) is 6.26 Å². The second kappa shape index (κ2) is 10.2. The van der Waals surface area contributed by atoms with Crippen molar-refractivity contribution in [2.75, 3.05) is 13.2 Å². The Morgan fingerprint density at radius 1 is 1.25 bits per heavy atom. The van der Waals surface area contributed by atoms with Gasteiger partial charge in [-0.15, -0.1) is 0 Å². The Morgan fingerprint density at radius 2 is 2.00 bits per heavy atom. The predicted molar refractivity (Wildman–Crippen MR) is 76.2 cm³/mol. The zero-order valence-electron chi connectivity index (χ0n) is 12.3. The van der Waals surface area contributed by atoms with Crippen molar-refractivity contribution in [3.63, 3.8) is 0 Å². The molecule has 0 aromatic carbocycles. The molecule has 1 heterocycles. The molecule has 0 saturated carbocycles. The summed E-state index contributed by atoms with van der Waals surface area (Å²) in [5.74, 6) is 0. The van der Waals surface area contributed by atoms with Crippen LogP contribution in [0.2, 0.25) is 0 Å². The van der Waals surface area contributed by atoms with Crippen LogP contribution in [0.25, 0.3) is 0 Å². The third kappa shape index (κ3) is 5.79. The van der Waals surface area contributed by atoms with Crippen molar-refractivity contribution in [3.8, 4) is 0 Å². The first-order chi connectivity index (χ1) is 9.70. The van der Waals surface area contributed by atoms with Crippen LogP contribution in [0.3, 0.4) is 0 Å². The molecule has 4 atom stereocenters. The first-order valence-corrected chi connectivity index (χ1v) is 7.59. The Morgan fingerprint density at radius 3 is 2.60 bits per heavy atom. The minimum Gasteiger partial charge on any atom is -0.493 e. The monoisotopic (exact) mass is 288 g/mol. The molecule has 20 heavy (non-hydrogen) atoms. The molecule has 3 N–H and O–H groups in total. The van der Waals surface area contributed by atoms with Crippen LogP contribution in [-0.4, -0.2) is 52.9 Å². The standard InChI is InChI=1S/C15H28O5/c1-2-3-4-5-6-7-8-9-19-13(10-16)15-14(18)12(17)11-20-15/h8-9,12-18H,2-7,10-11H2,1H3/b9-8+/t12-,13+,14-,15-/m1/s1. The highest BCUT2D eigenvalue weighted by molar-refractivity contribution is 4.90. The summed E-state index contributed by atoms with van der Waals surface area (Å²) >= 11 is 0. The average Bonchev–Trinajstić information content (AvgIpc) is 2.78. The van der Waals surface area contributed by atoms with Crippen LogP contribution >= 0.6 is 0 Å². The number of rotatable bonds is 10. The van der Waals surface area contributed by atoms with Crippen molar-refractivity contribution < 1.29 is 24.8 Å². The topological polar surface area (TPSA) is 79.2 Å². The fourth-order valence-corrected chi connectivity index (χ4v) is 2.27. The number of ether oxygens (including phenoxy) is 2. The van der Waals surface area contributed by atoms with Gasteiger partial charge in [-0.2, -0.15) is 0 Å². The lowest BCUT2D eigenvalue weighted by atomic mass is 10.1. The summed E-state index contributed by atoms with van der Waals surface area (Å²) < 4.78 is 10.6. The normalized spacial score (nSPS) is 28.1.